The Hall–Kier alpha value is -2.15. The fourth-order valence-corrected chi connectivity index (χ4v) is 2.71. The lowest BCUT2D eigenvalue weighted by Gasteiger charge is -2.25. The number of hydrogen-bond donors (Lipinski definition) is 2. The van der Waals surface area contributed by atoms with Crippen LogP contribution in [0.5, 0.6) is 0 Å². The fraction of sp³-hybridized carbons (Fsp3) is 0.385. The highest BCUT2D eigenvalue weighted by molar-refractivity contribution is 6.33. The molecule has 2 N–H and O–H groups in total. The monoisotopic (exact) mass is 312 g/mol. The van der Waals surface area contributed by atoms with Crippen molar-refractivity contribution in [3.05, 3.63) is 38.9 Å². The van der Waals surface area contributed by atoms with Crippen molar-refractivity contribution in [2.75, 3.05) is 0 Å². The Balaban J connectivity index is 2.22. The Morgan fingerprint density at radius 2 is 1.95 bits per heavy atom. The third-order valence-corrected chi connectivity index (χ3v) is 3.93. The molecule has 0 aliphatic heterocycles. The molecule has 2 rings (SSSR count). The molecular formula is C13H13ClN2O5. The van der Waals surface area contributed by atoms with Gasteiger partial charge >= 0.3 is 5.97 Å². The minimum Gasteiger partial charge on any atom is -0.480 e. The predicted octanol–water partition coefficient (Wildman–Crippen LogP) is 2.38. The molecule has 1 aliphatic rings. The van der Waals surface area contributed by atoms with Crippen LogP contribution >= 0.6 is 11.6 Å². The number of carbonyl (C=O) groups is 2. The Bertz CT molecular complexity index is 611. The number of carboxylic acid groups (broad SMARTS) is 1. The molecule has 0 bridgehead atoms. The van der Waals surface area contributed by atoms with Crippen LogP contribution in [-0.2, 0) is 4.79 Å². The van der Waals surface area contributed by atoms with Gasteiger partial charge in [0.2, 0.25) is 0 Å². The number of carboxylic acids is 1. The van der Waals surface area contributed by atoms with E-state index in [1.165, 1.54) is 12.1 Å². The minimum absolute atomic E-state index is 0.0955. The van der Waals surface area contributed by atoms with Gasteiger partial charge in [0.1, 0.15) is 10.6 Å². The van der Waals surface area contributed by atoms with Gasteiger partial charge in [0.15, 0.2) is 0 Å². The minimum atomic E-state index is -1.26. The van der Waals surface area contributed by atoms with E-state index in [2.05, 4.69) is 5.32 Å². The zero-order valence-electron chi connectivity index (χ0n) is 11.0. The van der Waals surface area contributed by atoms with Crippen molar-refractivity contribution in [2.24, 2.45) is 0 Å². The van der Waals surface area contributed by atoms with E-state index in [1.807, 2.05) is 0 Å². The van der Waals surface area contributed by atoms with Crippen molar-refractivity contribution in [1.82, 2.24) is 5.32 Å². The van der Waals surface area contributed by atoms with Gasteiger partial charge in [0.25, 0.3) is 11.6 Å². The van der Waals surface area contributed by atoms with Crippen molar-refractivity contribution in [3.63, 3.8) is 0 Å². The highest BCUT2D eigenvalue weighted by atomic mass is 35.5. The van der Waals surface area contributed by atoms with E-state index in [1.54, 1.807) is 0 Å². The summed E-state index contributed by atoms with van der Waals surface area (Å²) < 4.78 is 0. The van der Waals surface area contributed by atoms with Gasteiger partial charge in [0.05, 0.1) is 4.92 Å². The van der Waals surface area contributed by atoms with E-state index in [-0.39, 0.29) is 16.3 Å². The fourth-order valence-electron chi connectivity index (χ4n) is 2.46. The highest BCUT2D eigenvalue weighted by Crippen LogP contribution is 2.31. The summed E-state index contributed by atoms with van der Waals surface area (Å²) in [5, 5.41) is 22.3. The summed E-state index contributed by atoms with van der Waals surface area (Å²) in [5.41, 5.74) is -1.47. The molecule has 112 valence electrons. The Labute approximate surface area is 125 Å². The number of halogens is 1. The summed E-state index contributed by atoms with van der Waals surface area (Å²) in [6, 6.07) is 3.54. The van der Waals surface area contributed by atoms with E-state index in [0.29, 0.717) is 12.8 Å². The number of benzene rings is 1. The van der Waals surface area contributed by atoms with Gasteiger partial charge in [-0.25, -0.2) is 4.79 Å². The average Bonchev–Trinajstić information content (AvgIpc) is 2.88. The molecule has 1 aromatic rings. The van der Waals surface area contributed by atoms with Gasteiger partial charge in [-0.2, -0.15) is 0 Å². The van der Waals surface area contributed by atoms with Crippen LogP contribution in [0.25, 0.3) is 0 Å². The van der Waals surface area contributed by atoms with Gasteiger partial charge in [-0.15, -0.1) is 0 Å². The second-order valence-electron chi connectivity index (χ2n) is 4.97. The zero-order chi connectivity index (χ0) is 15.6. The highest BCUT2D eigenvalue weighted by Gasteiger charge is 2.42. The predicted molar refractivity (Wildman–Crippen MR) is 74.4 cm³/mol. The molecule has 7 nitrogen and oxygen atoms in total. The van der Waals surface area contributed by atoms with Gasteiger partial charge in [-0.1, -0.05) is 24.4 Å². The Morgan fingerprint density at radius 3 is 2.43 bits per heavy atom. The molecule has 21 heavy (non-hydrogen) atoms. The number of nitro groups is 1. The number of nitro benzene ring substituents is 1. The van der Waals surface area contributed by atoms with Gasteiger partial charge in [0, 0.05) is 11.6 Å². The summed E-state index contributed by atoms with van der Waals surface area (Å²) in [7, 11) is 0. The molecule has 0 atom stereocenters. The first-order valence-electron chi connectivity index (χ1n) is 6.35. The number of carbonyl (C=O) groups excluding carboxylic acids is 1. The second kappa shape index (κ2) is 5.69. The van der Waals surface area contributed by atoms with E-state index in [4.69, 9.17) is 11.6 Å². The van der Waals surface area contributed by atoms with Crippen LogP contribution in [0, 0.1) is 10.1 Å². The van der Waals surface area contributed by atoms with E-state index in [0.717, 1.165) is 18.9 Å². The molecule has 0 radical (unpaired) electrons. The van der Waals surface area contributed by atoms with E-state index in [9.17, 15) is 24.8 Å². The van der Waals surface area contributed by atoms with Crippen LogP contribution in [0.1, 0.15) is 36.0 Å². The molecule has 1 aromatic carbocycles. The SMILES string of the molecule is O=C(NC1(C(=O)O)CCCC1)c1ccc([N+](=O)[O-])c(Cl)c1. The van der Waals surface area contributed by atoms with Gasteiger partial charge in [-0.05, 0) is 25.0 Å². The van der Waals surface area contributed by atoms with Crippen molar-refractivity contribution in [1.29, 1.82) is 0 Å². The van der Waals surface area contributed by atoms with Crippen molar-refractivity contribution in [3.8, 4) is 0 Å². The molecule has 1 saturated carbocycles. The molecule has 8 heteroatoms. The maximum Gasteiger partial charge on any atom is 0.329 e. The first kappa shape index (κ1) is 15.2. The van der Waals surface area contributed by atoms with Crippen LogP contribution in [0.2, 0.25) is 5.02 Å². The lowest BCUT2D eigenvalue weighted by Crippen LogP contribution is -2.52. The molecular weight excluding hydrogens is 300 g/mol. The van der Waals surface area contributed by atoms with Gasteiger partial charge in [-0.3, -0.25) is 14.9 Å². The van der Waals surface area contributed by atoms with Crippen molar-refractivity contribution >= 4 is 29.2 Å². The molecule has 0 spiro atoms. The molecule has 1 amide bonds. The second-order valence-corrected chi connectivity index (χ2v) is 5.38. The van der Waals surface area contributed by atoms with Crippen LogP contribution in [0.15, 0.2) is 18.2 Å². The number of nitrogens with one attached hydrogen (secondary N) is 1. The smallest absolute Gasteiger partial charge is 0.329 e. The van der Waals surface area contributed by atoms with E-state index < -0.39 is 22.3 Å². The van der Waals surface area contributed by atoms with Crippen molar-refractivity contribution in [2.45, 2.75) is 31.2 Å². The van der Waals surface area contributed by atoms with E-state index >= 15 is 0 Å². The molecule has 0 saturated heterocycles. The van der Waals surface area contributed by atoms with Crippen molar-refractivity contribution < 1.29 is 19.6 Å². The lowest BCUT2D eigenvalue weighted by atomic mass is 9.97. The summed E-state index contributed by atoms with van der Waals surface area (Å²) >= 11 is 5.74. The zero-order valence-corrected chi connectivity index (χ0v) is 11.7. The summed E-state index contributed by atoms with van der Waals surface area (Å²) in [4.78, 5) is 33.5. The summed E-state index contributed by atoms with van der Waals surface area (Å²) in [6.07, 6.45) is 2.20. The number of hydrogen-bond acceptors (Lipinski definition) is 4. The first-order valence-corrected chi connectivity index (χ1v) is 6.73. The number of amides is 1. The third kappa shape index (κ3) is 2.97. The maximum atomic E-state index is 12.1. The molecule has 0 aromatic heterocycles. The van der Waals surface area contributed by atoms with Crippen LogP contribution in [0.3, 0.4) is 0 Å². The Kier molecular flexibility index (Phi) is 4.13. The van der Waals surface area contributed by atoms with Crippen LogP contribution in [0.4, 0.5) is 5.69 Å². The quantitative estimate of drug-likeness (QED) is 0.655. The number of rotatable bonds is 4. The number of nitrogens with zero attached hydrogens (tertiary/aromatic N) is 1. The van der Waals surface area contributed by atoms with Gasteiger partial charge < -0.3 is 10.4 Å². The lowest BCUT2D eigenvalue weighted by molar-refractivity contribution is -0.384. The normalized spacial score (nSPS) is 16.4. The Morgan fingerprint density at radius 1 is 1.33 bits per heavy atom. The molecule has 0 heterocycles. The molecule has 0 unspecified atom stereocenters. The third-order valence-electron chi connectivity index (χ3n) is 3.63. The van der Waals surface area contributed by atoms with Crippen LogP contribution in [-0.4, -0.2) is 27.4 Å². The molecule has 1 fully saturated rings. The average molecular weight is 313 g/mol. The maximum absolute atomic E-state index is 12.1. The summed E-state index contributed by atoms with van der Waals surface area (Å²) in [6.45, 7) is 0. The summed E-state index contributed by atoms with van der Waals surface area (Å²) in [5.74, 6) is -1.67. The standard InChI is InChI=1S/C13H13ClN2O5/c14-9-7-8(3-4-10(9)16(20)21)11(17)15-13(12(18)19)5-1-2-6-13/h3-4,7H,1-2,5-6H2,(H,15,17)(H,18,19). The van der Waals surface area contributed by atoms with Crippen LogP contribution < -0.4 is 5.32 Å². The topological polar surface area (TPSA) is 110 Å². The molecule has 1 aliphatic carbocycles. The largest absolute Gasteiger partial charge is 0.480 e. The number of aliphatic carboxylic acids is 1. The first-order chi connectivity index (χ1) is 9.85.